The molecule has 0 aromatic heterocycles. The van der Waals surface area contributed by atoms with E-state index in [9.17, 15) is 14.7 Å². The van der Waals surface area contributed by atoms with E-state index < -0.39 is 5.97 Å². The number of esters is 1. The minimum absolute atomic E-state index is 0.0574. The number of aldehydes is 1. The molecule has 0 aliphatic carbocycles. The Balaban J connectivity index is 3.37. The number of carbonyl (C=O) groups excluding carboxylic acids is 2. The van der Waals surface area contributed by atoms with Crippen LogP contribution in [-0.4, -0.2) is 24.0 Å². The van der Waals surface area contributed by atoms with Crippen molar-refractivity contribution < 1.29 is 19.4 Å². The van der Waals surface area contributed by atoms with Crippen LogP contribution in [0.25, 0.3) is 0 Å². The number of nitrogens with zero attached hydrogens (tertiary/aromatic N) is 1. The normalized spacial score (nSPS) is 9.25. The summed E-state index contributed by atoms with van der Waals surface area (Å²) >= 11 is 0. The van der Waals surface area contributed by atoms with Crippen LogP contribution in [0.5, 0.6) is 5.75 Å². The standard InChI is InChI=1S/C11H9NO4/c1-2-16-11(15)9-4-8(14)3-7(5-12)10(9)6-13/h3-4,6,14H,2H2,1H3. The van der Waals surface area contributed by atoms with Crippen molar-refractivity contribution in [3.63, 3.8) is 0 Å². The summed E-state index contributed by atoms with van der Waals surface area (Å²) in [6.45, 7) is 1.77. The van der Waals surface area contributed by atoms with Crippen LogP contribution >= 0.6 is 0 Å². The molecule has 1 aromatic carbocycles. The third-order valence-electron chi connectivity index (χ3n) is 1.90. The number of carbonyl (C=O) groups is 2. The van der Waals surface area contributed by atoms with Gasteiger partial charge >= 0.3 is 5.97 Å². The largest absolute Gasteiger partial charge is 0.508 e. The smallest absolute Gasteiger partial charge is 0.339 e. The summed E-state index contributed by atoms with van der Waals surface area (Å²) in [6.07, 6.45) is 0.393. The molecule has 0 saturated heterocycles. The molecule has 1 rings (SSSR count). The molecule has 0 atom stereocenters. The molecule has 0 unspecified atom stereocenters. The highest BCUT2D eigenvalue weighted by Crippen LogP contribution is 2.20. The van der Waals surface area contributed by atoms with Crippen molar-refractivity contribution in [2.45, 2.75) is 6.92 Å². The summed E-state index contributed by atoms with van der Waals surface area (Å²) < 4.78 is 4.71. The van der Waals surface area contributed by atoms with Crippen LogP contribution in [0.3, 0.4) is 0 Å². The number of benzene rings is 1. The Morgan fingerprint density at radius 3 is 2.81 bits per heavy atom. The van der Waals surface area contributed by atoms with Gasteiger partial charge in [-0.25, -0.2) is 4.79 Å². The van der Waals surface area contributed by atoms with Crippen molar-refractivity contribution >= 4 is 12.3 Å². The maximum absolute atomic E-state index is 11.4. The third-order valence-corrected chi connectivity index (χ3v) is 1.90. The summed E-state index contributed by atoms with van der Waals surface area (Å²) in [5.74, 6) is -0.998. The van der Waals surface area contributed by atoms with Gasteiger partial charge in [0.2, 0.25) is 0 Å². The van der Waals surface area contributed by atoms with Crippen LogP contribution < -0.4 is 0 Å². The molecule has 0 fully saturated rings. The zero-order chi connectivity index (χ0) is 12.1. The average molecular weight is 219 g/mol. The number of ether oxygens (including phenoxy) is 1. The second-order valence-corrected chi connectivity index (χ2v) is 2.90. The summed E-state index contributed by atoms with van der Waals surface area (Å²) in [4.78, 5) is 22.2. The van der Waals surface area contributed by atoms with Gasteiger partial charge in [0.1, 0.15) is 11.8 Å². The highest BCUT2D eigenvalue weighted by Gasteiger charge is 2.17. The molecule has 0 amide bonds. The molecular formula is C11H9NO4. The van der Waals surface area contributed by atoms with E-state index in [1.807, 2.05) is 0 Å². The van der Waals surface area contributed by atoms with E-state index in [1.54, 1.807) is 13.0 Å². The van der Waals surface area contributed by atoms with E-state index in [0.29, 0.717) is 6.29 Å². The van der Waals surface area contributed by atoms with Gasteiger partial charge in [-0.15, -0.1) is 0 Å². The quantitative estimate of drug-likeness (QED) is 0.610. The number of aromatic hydroxyl groups is 1. The van der Waals surface area contributed by atoms with Gasteiger partial charge in [0, 0.05) is 5.56 Å². The van der Waals surface area contributed by atoms with E-state index >= 15 is 0 Å². The second-order valence-electron chi connectivity index (χ2n) is 2.90. The lowest BCUT2D eigenvalue weighted by Gasteiger charge is -2.06. The number of nitriles is 1. The Labute approximate surface area is 91.9 Å². The summed E-state index contributed by atoms with van der Waals surface area (Å²) in [7, 11) is 0. The molecule has 0 saturated carbocycles. The van der Waals surface area contributed by atoms with Crippen LogP contribution in [0.2, 0.25) is 0 Å². The summed E-state index contributed by atoms with van der Waals surface area (Å²) in [5.41, 5.74) is -0.231. The Bertz CT molecular complexity index is 474. The molecule has 0 bridgehead atoms. The Morgan fingerprint density at radius 2 is 2.31 bits per heavy atom. The molecule has 16 heavy (non-hydrogen) atoms. The predicted molar refractivity (Wildman–Crippen MR) is 54.2 cm³/mol. The minimum atomic E-state index is -0.739. The zero-order valence-electron chi connectivity index (χ0n) is 8.56. The van der Waals surface area contributed by atoms with Gasteiger partial charge in [0.05, 0.1) is 17.7 Å². The molecule has 5 heteroatoms. The molecule has 0 radical (unpaired) electrons. The average Bonchev–Trinajstić information content (AvgIpc) is 2.28. The van der Waals surface area contributed by atoms with Crippen molar-refractivity contribution in [3.8, 4) is 11.8 Å². The van der Waals surface area contributed by atoms with E-state index in [-0.39, 0.29) is 29.0 Å². The molecule has 1 aromatic rings. The van der Waals surface area contributed by atoms with Gasteiger partial charge in [0.25, 0.3) is 0 Å². The molecular weight excluding hydrogens is 210 g/mol. The van der Waals surface area contributed by atoms with Crippen LogP contribution in [-0.2, 0) is 4.74 Å². The fraction of sp³-hybridized carbons (Fsp3) is 0.182. The van der Waals surface area contributed by atoms with Gasteiger partial charge in [-0.05, 0) is 19.1 Å². The number of hydrogen-bond donors (Lipinski definition) is 1. The van der Waals surface area contributed by atoms with Gasteiger partial charge in [0.15, 0.2) is 6.29 Å². The van der Waals surface area contributed by atoms with Crippen LogP contribution in [0.4, 0.5) is 0 Å². The fourth-order valence-electron chi connectivity index (χ4n) is 1.24. The molecule has 0 aliphatic heterocycles. The topological polar surface area (TPSA) is 87.4 Å². The lowest BCUT2D eigenvalue weighted by atomic mass is 10.0. The van der Waals surface area contributed by atoms with Crippen molar-refractivity contribution in [2.75, 3.05) is 6.61 Å². The number of phenolic OH excluding ortho intramolecular Hbond substituents is 1. The lowest BCUT2D eigenvalue weighted by molar-refractivity contribution is 0.0523. The minimum Gasteiger partial charge on any atom is -0.508 e. The van der Waals surface area contributed by atoms with E-state index in [1.165, 1.54) is 0 Å². The first-order valence-corrected chi connectivity index (χ1v) is 4.53. The first kappa shape index (κ1) is 11.7. The zero-order valence-corrected chi connectivity index (χ0v) is 8.56. The highest BCUT2D eigenvalue weighted by molar-refractivity contribution is 6.00. The summed E-state index contributed by atoms with van der Waals surface area (Å²) in [6, 6.07) is 3.94. The fourth-order valence-corrected chi connectivity index (χ4v) is 1.24. The predicted octanol–water partition coefficient (Wildman–Crippen LogP) is 1.25. The maximum Gasteiger partial charge on any atom is 0.339 e. The molecule has 82 valence electrons. The van der Waals surface area contributed by atoms with E-state index in [2.05, 4.69) is 0 Å². The second kappa shape index (κ2) is 4.94. The highest BCUT2D eigenvalue weighted by atomic mass is 16.5. The van der Waals surface area contributed by atoms with Gasteiger partial charge in [-0.2, -0.15) is 5.26 Å². The summed E-state index contributed by atoms with van der Waals surface area (Å²) in [5, 5.41) is 18.0. The Hall–Kier alpha value is -2.35. The molecule has 0 heterocycles. The Kier molecular flexibility index (Phi) is 3.62. The monoisotopic (exact) mass is 219 g/mol. The first-order chi connectivity index (χ1) is 7.63. The van der Waals surface area contributed by atoms with E-state index in [0.717, 1.165) is 12.1 Å². The van der Waals surface area contributed by atoms with Crippen LogP contribution in [0.15, 0.2) is 12.1 Å². The number of hydrogen-bond acceptors (Lipinski definition) is 5. The number of rotatable bonds is 3. The molecule has 0 spiro atoms. The molecule has 5 nitrogen and oxygen atoms in total. The maximum atomic E-state index is 11.4. The van der Waals surface area contributed by atoms with Gasteiger partial charge in [-0.1, -0.05) is 0 Å². The first-order valence-electron chi connectivity index (χ1n) is 4.53. The van der Waals surface area contributed by atoms with Crippen molar-refractivity contribution in [2.24, 2.45) is 0 Å². The third kappa shape index (κ3) is 2.17. The lowest BCUT2D eigenvalue weighted by Crippen LogP contribution is -2.09. The number of phenols is 1. The van der Waals surface area contributed by atoms with Crippen LogP contribution in [0, 0.1) is 11.3 Å². The Morgan fingerprint density at radius 1 is 1.62 bits per heavy atom. The molecule has 0 aliphatic rings. The van der Waals surface area contributed by atoms with Gasteiger partial charge < -0.3 is 9.84 Å². The van der Waals surface area contributed by atoms with Gasteiger partial charge in [-0.3, -0.25) is 4.79 Å². The van der Waals surface area contributed by atoms with Crippen molar-refractivity contribution in [1.82, 2.24) is 0 Å². The van der Waals surface area contributed by atoms with Crippen LogP contribution in [0.1, 0.15) is 33.2 Å². The van der Waals surface area contributed by atoms with Crippen molar-refractivity contribution in [1.29, 1.82) is 5.26 Å². The SMILES string of the molecule is CCOC(=O)c1cc(O)cc(C#N)c1C=O. The van der Waals surface area contributed by atoms with Crippen molar-refractivity contribution in [3.05, 3.63) is 28.8 Å². The van der Waals surface area contributed by atoms with E-state index in [4.69, 9.17) is 10.00 Å². The molecule has 1 N–H and O–H groups in total.